The SMILES string of the molecule is CC/C=C\C/C=C\C/C=C\C/C=C\C/C=C\CCC(=O)OCC(COC(=O)CCCCCCCC/C=C\C/C=C\C/C=C\C/C=C\CC)OC(=O)CCCCCCC\C=C/C=C\C=C/C=C\C=C/CCC. The Balaban J connectivity index is 4.61. The summed E-state index contributed by atoms with van der Waals surface area (Å²) in [6.45, 7) is 6.20. The van der Waals surface area contributed by atoms with Gasteiger partial charge < -0.3 is 14.2 Å². The highest BCUT2D eigenvalue weighted by molar-refractivity contribution is 5.71. The van der Waals surface area contributed by atoms with Gasteiger partial charge in [-0.25, -0.2) is 0 Å². The molecule has 0 aromatic carbocycles. The van der Waals surface area contributed by atoms with E-state index in [0.717, 1.165) is 135 Å². The zero-order chi connectivity index (χ0) is 51.4. The van der Waals surface area contributed by atoms with Gasteiger partial charge in [-0.2, -0.15) is 0 Å². The van der Waals surface area contributed by atoms with Gasteiger partial charge >= 0.3 is 17.9 Å². The van der Waals surface area contributed by atoms with Crippen molar-refractivity contribution in [2.45, 2.75) is 207 Å². The monoisotopic (exact) mass is 975 g/mol. The number of carbonyl (C=O) groups is 3. The van der Waals surface area contributed by atoms with Crippen LogP contribution in [0.1, 0.15) is 201 Å². The minimum atomic E-state index is -0.838. The summed E-state index contributed by atoms with van der Waals surface area (Å²) in [5.74, 6) is -1.07. The molecule has 1 atom stereocenters. The van der Waals surface area contributed by atoms with E-state index in [1.54, 1.807) is 0 Å². The Morgan fingerprint density at radius 1 is 0.310 bits per heavy atom. The molecule has 0 amide bonds. The van der Waals surface area contributed by atoms with E-state index in [2.05, 4.69) is 142 Å². The molecule has 0 aromatic rings. The van der Waals surface area contributed by atoms with Crippen LogP contribution in [0.15, 0.2) is 170 Å². The van der Waals surface area contributed by atoms with Crippen LogP contribution in [-0.4, -0.2) is 37.2 Å². The molecular weight excluding hydrogens is 877 g/mol. The molecule has 0 spiro atoms. The molecule has 0 rings (SSSR count). The Bertz CT molecular complexity index is 1690. The van der Waals surface area contributed by atoms with Crippen molar-refractivity contribution < 1.29 is 28.6 Å². The summed E-state index contributed by atoms with van der Waals surface area (Å²) < 4.78 is 16.7. The Labute approximate surface area is 434 Å². The van der Waals surface area contributed by atoms with Crippen molar-refractivity contribution in [1.82, 2.24) is 0 Å². The molecule has 0 saturated carbocycles. The molecule has 6 heteroatoms. The standard InChI is InChI=1S/C65H98O6/c1-4-7-10-13-16-19-22-25-28-31-33-35-37-40-43-46-49-52-55-58-64(67)70-61-62(60-69-63(66)57-54-51-48-45-42-39-36-30-27-24-21-18-15-12-9-6-3)71-65(68)59-56-53-50-47-44-41-38-34-32-29-26-23-20-17-14-11-8-5-2/h7,9-12,14,16-21,23,25-30,32-35,38-39,42,48,51,62H,4-6,8,13,15,22,24,31,36-37,40-41,43-47,49-50,52-61H2,1-3H3/b10-7-,12-9-,14-11-,19-16-,20-17-,21-18-,26-23-,28-25-,30-27-,32-29-,35-33-,38-34-,42-39-,51-48-. The van der Waals surface area contributed by atoms with Crippen LogP contribution in [0.4, 0.5) is 0 Å². The van der Waals surface area contributed by atoms with Crippen LogP contribution in [0.2, 0.25) is 0 Å². The van der Waals surface area contributed by atoms with E-state index in [9.17, 15) is 14.4 Å². The normalized spacial score (nSPS) is 13.5. The van der Waals surface area contributed by atoms with E-state index >= 15 is 0 Å². The predicted molar refractivity (Wildman–Crippen MR) is 306 cm³/mol. The fraction of sp³-hybridized carbons (Fsp3) is 0.523. The number of hydrogen-bond acceptors (Lipinski definition) is 6. The van der Waals surface area contributed by atoms with E-state index in [4.69, 9.17) is 14.2 Å². The number of rotatable bonds is 47. The molecule has 1 unspecified atom stereocenters. The first-order chi connectivity index (χ1) is 35.0. The van der Waals surface area contributed by atoms with Crippen LogP contribution in [0, 0.1) is 0 Å². The molecule has 71 heavy (non-hydrogen) atoms. The van der Waals surface area contributed by atoms with Gasteiger partial charge in [-0.1, -0.05) is 242 Å². The maximum atomic E-state index is 12.8. The van der Waals surface area contributed by atoms with Crippen molar-refractivity contribution in [1.29, 1.82) is 0 Å². The molecule has 0 bridgehead atoms. The second kappa shape index (κ2) is 57.3. The fourth-order valence-electron chi connectivity index (χ4n) is 6.75. The van der Waals surface area contributed by atoms with E-state index in [1.165, 1.54) is 19.3 Å². The van der Waals surface area contributed by atoms with Gasteiger partial charge in [0.1, 0.15) is 13.2 Å². The Kier molecular flexibility index (Phi) is 53.1. The first-order valence-electron chi connectivity index (χ1n) is 27.7. The number of hydrogen-bond donors (Lipinski definition) is 0. The van der Waals surface area contributed by atoms with Gasteiger partial charge in [0.2, 0.25) is 0 Å². The van der Waals surface area contributed by atoms with Gasteiger partial charge in [-0.05, 0) is 109 Å². The Hall–Kier alpha value is -5.23. The minimum Gasteiger partial charge on any atom is -0.462 e. The summed E-state index contributed by atoms with van der Waals surface area (Å²) >= 11 is 0. The number of carbonyl (C=O) groups excluding carboxylic acids is 3. The highest BCUT2D eigenvalue weighted by atomic mass is 16.6. The lowest BCUT2D eigenvalue weighted by Crippen LogP contribution is -2.30. The number of esters is 3. The lowest BCUT2D eigenvalue weighted by Gasteiger charge is -2.18. The van der Waals surface area contributed by atoms with Crippen molar-refractivity contribution in [3.05, 3.63) is 170 Å². The highest BCUT2D eigenvalue weighted by Crippen LogP contribution is 2.12. The van der Waals surface area contributed by atoms with Crippen molar-refractivity contribution in [2.24, 2.45) is 0 Å². The quantitative estimate of drug-likeness (QED) is 0.0199. The molecule has 0 aromatic heterocycles. The lowest BCUT2D eigenvalue weighted by atomic mass is 10.1. The fourth-order valence-corrected chi connectivity index (χ4v) is 6.75. The van der Waals surface area contributed by atoms with Crippen molar-refractivity contribution in [2.75, 3.05) is 13.2 Å². The second-order valence-corrected chi connectivity index (χ2v) is 17.5. The summed E-state index contributed by atoms with van der Waals surface area (Å²) in [6, 6.07) is 0. The molecule has 394 valence electrons. The Morgan fingerprint density at radius 3 is 1.07 bits per heavy atom. The minimum absolute atomic E-state index is 0.128. The van der Waals surface area contributed by atoms with E-state index < -0.39 is 6.10 Å². The first kappa shape index (κ1) is 65.8. The van der Waals surface area contributed by atoms with Crippen molar-refractivity contribution in [3.63, 3.8) is 0 Å². The van der Waals surface area contributed by atoms with Crippen LogP contribution >= 0.6 is 0 Å². The van der Waals surface area contributed by atoms with Crippen LogP contribution in [0.5, 0.6) is 0 Å². The van der Waals surface area contributed by atoms with Crippen molar-refractivity contribution in [3.8, 4) is 0 Å². The predicted octanol–water partition coefficient (Wildman–Crippen LogP) is 18.8. The zero-order valence-corrected chi connectivity index (χ0v) is 44.9. The van der Waals surface area contributed by atoms with Gasteiger partial charge in [0.15, 0.2) is 6.10 Å². The topological polar surface area (TPSA) is 78.9 Å². The Morgan fingerprint density at radius 2 is 0.634 bits per heavy atom. The summed E-state index contributed by atoms with van der Waals surface area (Å²) in [6.07, 6.45) is 84.8. The van der Waals surface area contributed by atoms with Gasteiger partial charge in [0, 0.05) is 19.3 Å². The van der Waals surface area contributed by atoms with Crippen LogP contribution in [-0.2, 0) is 28.6 Å². The molecule has 0 saturated heterocycles. The molecule has 0 fully saturated rings. The lowest BCUT2D eigenvalue weighted by molar-refractivity contribution is -0.166. The summed E-state index contributed by atoms with van der Waals surface area (Å²) in [5.41, 5.74) is 0. The molecule has 0 aliphatic rings. The summed E-state index contributed by atoms with van der Waals surface area (Å²) in [4.78, 5) is 38.1. The van der Waals surface area contributed by atoms with Gasteiger partial charge in [-0.3, -0.25) is 14.4 Å². The molecule has 0 heterocycles. The zero-order valence-electron chi connectivity index (χ0n) is 44.9. The van der Waals surface area contributed by atoms with Gasteiger partial charge in [0.25, 0.3) is 0 Å². The highest BCUT2D eigenvalue weighted by Gasteiger charge is 2.19. The number of unbranched alkanes of at least 4 members (excludes halogenated alkanes) is 12. The summed E-state index contributed by atoms with van der Waals surface area (Å²) in [7, 11) is 0. The van der Waals surface area contributed by atoms with Gasteiger partial charge in [0.05, 0.1) is 0 Å². The van der Waals surface area contributed by atoms with E-state index in [0.29, 0.717) is 12.8 Å². The molecule has 0 aliphatic heterocycles. The molecule has 0 N–H and O–H groups in total. The van der Waals surface area contributed by atoms with E-state index in [-0.39, 0.29) is 44.0 Å². The molecule has 6 nitrogen and oxygen atoms in total. The number of ether oxygens (including phenoxy) is 3. The largest absolute Gasteiger partial charge is 0.462 e. The van der Waals surface area contributed by atoms with E-state index in [1.807, 2.05) is 48.6 Å². The third-order valence-corrected chi connectivity index (χ3v) is 10.8. The van der Waals surface area contributed by atoms with Crippen LogP contribution in [0.3, 0.4) is 0 Å². The molecular formula is C65H98O6. The third kappa shape index (κ3) is 55.6. The third-order valence-electron chi connectivity index (χ3n) is 10.8. The average Bonchev–Trinajstić information content (AvgIpc) is 3.37. The molecule has 0 radical (unpaired) electrons. The second-order valence-electron chi connectivity index (χ2n) is 17.5. The van der Waals surface area contributed by atoms with Crippen LogP contribution in [0.25, 0.3) is 0 Å². The average molecular weight is 975 g/mol. The maximum Gasteiger partial charge on any atom is 0.306 e. The first-order valence-corrected chi connectivity index (χ1v) is 27.7. The molecule has 0 aliphatic carbocycles. The number of allylic oxidation sites excluding steroid dienone is 28. The van der Waals surface area contributed by atoms with Crippen molar-refractivity contribution >= 4 is 17.9 Å². The summed E-state index contributed by atoms with van der Waals surface area (Å²) in [5, 5.41) is 0. The van der Waals surface area contributed by atoms with Crippen LogP contribution < -0.4 is 0 Å². The maximum absolute atomic E-state index is 12.8. The smallest absolute Gasteiger partial charge is 0.306 e. The van der Waals surface area contributed by atoms with Gasteiger partial charge in [-0.15, -0.1) is 0 Å².